The number of carbonyl (C=O) groups excluding carboxylic acids is 2. The third-order valence-corrected chi connectivity index (χ3v) is 6.35. The Balaban J connectivity index is 1.53. The van der Waals surface area contributed by atoms with Gasteiger partial charge in [-0.25, -0.2) is 18.3 Å². The van der Waals surface area contributed by atoms with Crippen molar-refractivity contribution in [3.8, 4) is 0 Å². The van der Waals surface area contributed by atoms with Gasteiger partial charge in [-0.05, 0) is 61.0 Å². The molecule has 0 fully saturated rings. The van der Waals surface area contributed by atoms with Gasteiger partial charge >= 0.3 is 0 Å². The lowest BCUT2D eigenvalue weighted by Gasteiger charge is -2.15. The van der Waals surface area contributed by atoms with Crippen LogP contribution in [0, 0.1) is 6.92 Å². The third-order valence-electron chi connectivity index (χ3n) is 4.62. The van der Waals surface area contributed by atoms with Crippen LogP contribution in [0.4, 0.5) is 17.2 Å². The lowest BCUT2D eigenvalue weighted by atomic mass is 10.2. The number of hydrogen-bond acceptors (Lipinski definition) is 6. The predicted molar refractivity (Wildman–Crippen MR) is 122 cm³/mol. The zero-order chi connectivity index (χ0) is 22.9. The summed E-state index contributed by atoms with van der Waals surface area (Å²) in [6, 6.07) is 17.5. The average Bonchev–Trinajstić information content (AvgIpc) is 2.98. The highest BCUT2D eigenvalue weighted by atomic mass is 35.5. The van der Waals surface area contributed by atoms with Gasteiger partial charge in [-0.15, -0.1) is 0 Å². The minimum absolute atomic E-state index is 0.00370. The van der Waals surface area contributed by atoms with Crippen LogP contribution in [0.5, 0.6) is 0 Å². The number of sulfonamides is 1. The molecule has 1 aromatic heterocycles. The van der Waals surface area contributed by atoms with Crippen molar-refractivity contribution < 1.29 is 18.0 Å². The quantitative estimate of drug-likeness (QED) is 0.535. The first-order chi connectivity index (χ1) is 15.3. The van der Waals surface area contributed by atoms with Crippen LogP contribution in [0.2, 0.25) is 0 Å². The van der Waals surface area contributed by atoms with E-state index in [2.05, 4.69) is 15.0 Å². The van der Waals surface area contributed by atoms with E-state index in [-0.39, 0.29) is 21.4 Å². The number of carbonyl (C=O) groups is 2. The van der Waals surface area contributed by atoms with E-state index in [1.54, 1.807) is 30.3 Å². The standard InChI is InChI=1S/C22H17ClN4O4S/c1-14-5-4-6-16(13-14)27-21(28)19(23)20(22(27)29)25-15-8-10-17(11-9-15)32(30,31)26-18-7-2-3-12-24-18/h2-13,25H,1H3,(H,24,26). The Morgan fingerprint density at radius 2 is 1.69 bits per heavy atom. The van der Waals surface area contributed by atoms with E-state index in [4.69, 9.17) is 11.6 Å². The highest BCUT2D eigenvalue weighted by Gasteiger charge is 2.39. The molecule has 1 aliphatic heterocycles. The summed E-state index contributed by atoms with van der Waals surface area (Å²) >= 11 is 6.14. The smallest absolute Gasteiger partial charge is 0.283 e. The number of rotatable bonds is 6. The molecule has 4 rings (SSSR count). The van der Waals surface area contributed by atoms with Crippen molar-refractivity contribution in [3.05, 3.63) is 89.2 Å². The summed E-state index contributed by atoms with van der Waals surface area (Å²) in [7, 11) is -3.84. The Hall–Kier alpha value is -3.69. The molecule has 2 N–H and O–H groups in total. The van der Waals surface area contributed by atoms with Gasteiger partial charge in [-0.1, -0.05) is 29.8 Å². The van der Waals surface area contributed by atoms with Gasteiger partial charge in [-0.2, -0.15) is 0 Å². The number of anilines is 3. The largest absolute Gasteiger partial charge is 0.350 e. The maximum absolute atomic E-state index is 12.9. The molecule has 2 amide bonds. The van der Waals surface area contributed by atoms with Crippen LogP contribution in [-0.2, 0) is 19.6 Å². The van der Waals surface area contributed by atoms with Crippen molar-refractivity contribution in [1.82, 2.24) is 4.98 Å². The van der Waals surface area contributed by atoms with Crippen molar-refractivity contribution in [2.24, 2.45) is 0 Å². The van der Waals surface area contributed by atoms with Gasteiger partial charge < -0.3 is 5.32 Å². The molecule has 0 radical (unpaired) electrons. The molecule has 2 aromatic carbocycles. The monoisotopic (exact) mass is 468 g/mol. The molecule has 0 spiro atoms. The molecule has 0 bridgehead atoms. The number of pyridine rings is 1. The Bertz CT molecular complexity index is 1340. The third kappa shape index (κ3) is 4.20. The van der Waals surface area contributed by atoms with E-state index in [9.17, 15) is 18.0 Å². The van der Waals surface area contributed by atoms with E-state index in [1.807, 2.05) is 13.0 Å². The molecule has 0 saturated carbocycles. The first-order valence-electron chi connectivity index (χ1n) is 9.42. The maximum Gasteiger partial charge on any atom is 0.283 e. The summed E-state index contributed by atoms with van der Waals surface area (Å²) in [4.78, 5) is 30.4. The molecular weight excluding hydrogens is 452 g/mol. The summed E-state index contributed by atoms with van der Waals surface area (Å²) in [5, 5.41) is 2.58. The fraction of sp³-hybridized carbons (Fsp3) is 0.0455. The van der Waals surface area contributed by atoms with E-state index in [0.717, 1.165) is 10.5 Å². The molecule has 10 heteroatoms. The Labute approximate surface area is 189 Å². The maximum atomic E-state index is 12.9. The predicted octanol–water partition coefficient (Wildman–Crippen LogP) is 3.63. The zero-order valence-electron chi connectivity index (χ0n) is 16.7. The number of nitrogens with zero attached hydrogens (tertiary/aromatic N) is 2. The molecule has 0 unspecified atom stereocenters. The van der Waals surface area contributed by atoms with Crippen LogP contribution < -0.4 is 14.9 Å². The number of nitrogens with one attached hydrogen (secondary N) is 2. The van der Waals surface area contributed by atoms with Crippen molar-refractivity contribution in [2.45, 2.75) is 11.8 Å². The van der Waals surface area contributed by atoms with E-state index < -0.39 is 21.8 Å². The summed E-state index contributed by atoms with van der Waals surface area (Å²) < 4.78 is 27.4. The van der Waals surface area contributed by atoms with Gasteiger partial charge in [0.15, 0.2) is 0 Å². The summed E-state index contributed by atoms with van der Waals surface area (Å²) in [5.74, 6) is -1.04. The molecule has 8 nitrogen and oxygen atoms in total. The lowest BCUT2D eigenvalue weighted by molar-refractivity contribution is -0.120. The van der Waals surface area contributed by atoms with Crippen LogP contribution >= 0.6 is 11.6 Å². The van der Waals surface area contributed by atoms with Crippen molar-refractivity contribution in [2.75, 3.05) is 14.9 Å². The number of benzene rings is 2. The molecular formula is C22H17ClN4O4S. The first kappa shape index (κ1) is 21.5. The van der Waals surface area contributed by atoms with Crippen LogP contribution in [0.25, 0.3) is 0 Å². The van der Waals surface area contributed by atoms with E-state index in [1.165, 1.54) is 36.5 Å². The van der Waals surface area contributed by atoms with Gasteiger partial charge in [0.2, 0.25) is 0 Å². The molecule has 162 valence electrons. The Morgan fingerprint density at radius 1 is 0.938 bits per heavy atom. The van der Waals surface area contributed by atoms with Crippen LogP contribution in [-0.4, -0.2) is 25.2 Å². The van der Waals surface area contributed by atoms with Gasteiger partial charge in [0.1, 0.15) is 16.5 Å². The first-order valence-corrected chi connectivity index (χ1v) is 11.3. The SMILES string of the molecule is Cc1cccc(N2C(=O)C(Cl)=C(Nc3ccc(S(=O)(=O)Nc4ccccn4)cc3)C2=O)c1. The topological polar surface area (TPSA) is 108 Å². The van der Waals surface area contributed by atoms with Crippen LogP contribution in [0.1, 0.15) is 5.56 Å². The fourth-order valence-corrected chi connectivity index (χ4v) is 4.32. The minimum Gasteiger partial charge on any atom is -0.350 e. The molecule has 2 heterocycles. The number of aromatic nitrogens is 1. The molecule has 32 heavy (non-hydrogen) atoms. The Morgan fingerprint density at radius 3 is 2.34 bits per heavy atom. The van der Waals surface area contributed by atoms with Crippen molar-refractivity contribution in [3.63, 3.8) is 0 Å². The number of halogens is 1. The lowest BCUT2D eigenvalue weighted by Crippen LogP contribution is -2.32. The number of aryl methyl sites for hydroxylation is 1. The number of amides is 2. The highest BCUT2D eigenvalue weighted by Crippen LogP contribution is 2.30. The molecule has 0 saturated heterocycles. The van der Waals surface area contributed by atoms with Crippen molar-refractivity contribution >= 4 is 50.6 Å². The van der Waals surface area contributed by atoms with Crippen molar-refractivity contribution in [1.29, 1.82) is 0 Å². The average molecular weight is 469 g/mol. The van der Waals surface area contributed by atoms with Gasteiger partial charge in [0, 0.05) is 11.9 Å². The zero-order valence-corrected chi connectivity index (χ0v) is 18.3. The Kier molecular flexibility index (Phi) is 5.68. The molecule has 0 aliphatic carbocycles. The number of imide groups is 1. The van der Waals surface area contributed by atoms with E-state index >= 15 is 0 Å². The van der Waals surface area contributed by atoms with Gasteiger partial charge in [0.25, 0.3) is 21.8 Å². The highest BCUT2D eigenvalue weighted by molar-refractivity contribution is 7.92. The molecule has 0 atom stereocenters. The number of hydrogen-bond donors (Lipinski definition) is 2. The summed E-state index contributed by atoms with van der Waals surface area (Å²) in [6.07, 6.45) is 1.47. The van der Waals surface area contributed by atoms with E-state index in [0.29, 0.717) is 11.4 Å². The van der Waals surface area contributed by atoms with Crippen LogP contribution in [0.15, 0.2) is 88.6 Å². The summed E-state index contributed by atoms with van der Waals surface area (Å²) in [6.45, 7) is 1.85. The normalized spacial score (nSPS) is 14.1. The summed E-state index contributed by atoms with van der Waals surface area (Å²) in [5.41, 5.74) is 1.61. The second-order valence-electron chi connectivity index (χ2n) is 6.94. The minimum atomic E-state index is -3.84. The second-order valence-corrected chi connectivity index (χ2v) is 9.00. The fourth-order valence-electron chi connectivity index (χ4n) is 3.09. The van der Waals surface area contributed by atoms with Gasteiger partial charge in [0.05, 0.1) is 10.6 Å². The molecule has 3 aromatic rings. The van der Waals surface area contributed by atoms with Gasteiger partial charge in [-0.3, -0.25) is 14.3 Å². The molecule has 1 aliphatic rings. The van der Waals surface area contributed by atoms with Crippen LogP contribution in [0.3, 0.4) is 0 Å². The second kappa shape index (κ2) is 8.45.